The minimum absolute atomic E-state index is 0.345. The third-order valence-corrected chi connectivity index (χ3v) is 2.99. The fourth-order valence-electron chi connectivity index (χ4n) is 1.24. The molecule has 0 bridgehead atoms. The normalized spacial score (nSPS) is 24.0. The lowest BCUT2D eigenvalue weighted by atomic mass is 10.1. The summed E-state index contributed by atoms with van der Waals surface area (Å²) < 4.78 is 1.94. The number of halogens is 2. The number of carbonyl (C=O) groups is 1. The van der Waals surface area contributed by atoms with Crippen LogP contribution in [0.15, 0.2) is 11.6 Å². The number of carbonyl (C=O) groups excluding carboxylic acids is 1. The van der Waals surface area contributed by atoms with Crippen LogP contribution >= 0.6 is 23.2 Å². The van der Waals surface area contributed by atoms with E-state index in [0.717, 1.165) is 6.42 Å². The molecule has 4 heteroatoms. The third kappa shape index (κ3) is 2.55. The van der Waals surface area contributed by atoms with Crippen LogP contribution in [0.3, 0.4) is 0 Å². The number of hydrogen-bond acceptors (Lipinski definition) is 1. The molecule has 72 valence electrons. The van der Waals surface area contributed by atoms with Crippen LogP contribution in [-0.2, 0) is 4.79 Å². The lowest BCUT2D eigenvalue weighted by molar-refractivity contribution is -0.531. The van der Waals surface area contributed by atoms with Gasteiger partial charge in [0.25, 0.3) is 5.17 Å². The van der Waals surface area contributed by atoms with E-state index in [4.69, 9.17) is 23.2 Å². The fourth-order valence-corrected chi connectivity index (χ4v) is 1.69. The molecule has 0 fully saturated rings. The maximum atomic E-state index is 10.9. The summed E-state index contributed by atoms with van der Waals surface area (Å²) in [4.78, 5) is 10.9. The van der Waals surface area contributed by atoms with Crippen LogP contribution in [0.1, 0.15) is 19.8 Å². The molecular weight excluding hydrogens is 209 g/mol. The Kier molecular flexibility index (Phi) is 3.51. The Morgan fingerprint density at radius 3 is 2.85 bits per heavy atom. The Morgan fingerprint density at radius 1 is 1.69 bits per heavy atom. The molecule has 2 nitrogen and oxygen atoms in total. The number of nitrogens with zero attached hydrogens (tertiary/aromatic N) is 1. The highest BCUT2D eigenvalue weighted by molar-refractivity contribution is 6.70. The van der Waals surface area contributed by atoms with Crippen molar-refractivity contribution in [3.63, 3.8) is 0 Å². The molecule has 1 rings (SSSR count). The molecule has 1 atom stereocenters. The smallest absolute Gasteiger partial charge is 0.269 e. The van der Waals surface area contributed by atoms with Gasteiger partial charge in [-0.3, -0.25) is 4.79 Å². The summed E-state index contributed by atoms with van der Waals surface area (Å²) in [5.41, 5.74) is 0.600. The van der Waals surface area contributed by atoms with E-state index in [0.29, 0.717) is 23.2 Å². The molecule has 1 unspecified atom stereocenters. The monoisotopic (exact) mass is 220 g/mol. The van der Waals surface area contributed by atoms with Gasteiger partial charge in [0.15, 0.2) is 6.04 Å². The molecule has 0 N–H and O–H groups in total. The average molecular weight is 221 g/mol. The molecule has 0 radical (unpaired) electrons. The van der Waals surface area contributed by atoms with E-state index >= 15 is 0 Å². The van der Waals surface area contributed by atoms with Crippen LogP contribution < -0.4 is 0 Å². The van der Waals surface area contributed by atoms with Gasteiger partial charge in [-0.2, -0.15) is 0 Å². The first-order chi connectivity index (χ1) is 6.02. The van der Waals surface area contributed by atoms with Gasteiger partial charge in [0, 0.05) is 18.1 Å². The van der Waals surface area contributed by atoms with Gasteiger partial charge in [-0.15, -0.1) is 0 Å². The predicted molar refractivity (Wildman–Crippen MR) is 54.7 cm³/mol. The molecule has 1 heterocycles. The van der Waals surface area contributed by atoms with Gasteiger partial charge >= 0.3 is 0 Å². The summed E-state index contributed by atoms with van der Waals surface area (Å²) in [5, 5.41) is 0.176. The van der Waals surface area contributed by atoms with Crippen molar-refractivity contribution in [2.75, 3.05) is 7.05 Å². The molecule has 0 spiro atoms. The van der Waals surface area contributed by atoms with Crippen LogP contribution in [0.4, 0.5) is 0 Å². The second-order valence-corrected chi connectivity index (χ2v) is 4.00. The quantitative estimate of drug-likeness (QED) is 0.490. The Labute approximate surface area is 87.8 Å². The van der Waals surface area contributed by atoms with Crippen LogP contribution in [0, 0.1) is 0 Å². The van der Waals surface area contributed by atoms with Gasteiger partial charge in [-0.05, 0) is 36.5 Å². The lowest BCUT2D eigenvalue weighted by Crippen LogP contribution is -2.21. The summed E-state index contributed by atoms with van der Waals surface area (Å²) in [6.45, 7) is 2.07. The van der Waals surface area contributed by atoms with E-state index in [-0.39, 0.29) is 0 Å². The highest BCUT2D eigenvalue weighted by atomic mass is 35.5. The van der Waals surface area contributed by atoms with Gasteiger partial charge in [0.2, 0.25) is 5.24 Å². The molecule has 1 aliphatic heterocycles. The standard InChI is InChI=1S/C9H12Cl2NO/c1-6-3-4-7(9(11)13)5-8(10)12(6)2/h5-6H,3-4H2,1-2H3/q+1. The van der Waals surface area contributed by atoms with Crippen LogP contribution in [0.5, 0.6) is 0 Å². The van der Waals surface area contributed by atoms with E-state index in [1.807, 2.05) is 11.6 Å². The van der Waals surface area contributed by atoms with Crippen molar-refractivity contribution < 1.29 is 9.37 Å². The molecule has 0 aromatic rings. The first kappa shape index (κ1) is 10.7. The maximum absolute atomic E-state index is 10.9. The number of allylic oxidation sites excluding steroid dienone is 2. The van der Waals surface area contributed by atoms with E-state index in [1.54, 1.807) is 6.08 Å². The minimum Gasteiger partial charge on any atom is -0.276 e. The van der Waals surface area contributed by atoms with Crippen molar-refractivity contribution >= 4 is 33.6 Å². The second kappa shape index (κ2) is 4.25. The minimum atomic E-state index is -0.402. The van der Waals surface area contributed by atoms with Crippen molar-refractivity contribution in [1.29, 1.82) is 0 Å². The second-order valence-electron chi connectivity index (χ2n) is 3.26. The van der Waals surface area contributed by atoms with Gasteiger partial charge in [-0.25, -0.2) is 4.58 Å². The van der Waals surface area contributed by atoms with Crippen molar-refractivity contribution in [1.82, 2.24) is 0 Å². The summed E-state index contributed by atoms with van der Waals surface area (Å²) >= 11 is 11.4. The van der Waals surface area contributed by atoms with Crippen molar-refractivity contribution in [2.45, 2.75) is 25.8 Å². The Hall–Kier alpha value is -0.340. The molecule has 0 aromatic carbocycles. The van der Waals surface area contributed by atoms with E-state index in [9.17, 15) is 4.79 Å². The van der Waals surface area contributed by atoms with Gasteiger partial charge in [-0.1, -0.05) is 0 Å². The molecule has 1 aliphatic rings. The fraction of sp³-hybridized carbons (Fsp3) is 0.556. The largest absolute Gasteiger partial charge is 0.276 e. The van der Waals surface area contributed by atoms with Gasteiger partial charge < -0.3 is 0 Å². The Morgan fingerprint density at radius 2 is 2.31 bits per heavy atom. The summed E-state index contributed by atoms with van der Waals surface area (Å²) in [5.74, 6) is 0. The first-order valence-corrected chi connectivity index (χ1v) is 4.93. The van der Waals surface area contributed by atoms with Crippen molar-refractivity contribution in [3.05, 3.63) is 11.6 Å². The summed E-state index contributed by atoms with van der Waals surface area (Å²) in [6, 6.07) is 0.345. The molecule has 0 saturated heterocycles. The van der Waals surface area contributed by atoms with Crippen molar-refractivity contribution in [2.24, 2.45) is 0 Å². The SMILES string of the molecule is CC1CCC(C(=O)Cl)=CC(Cl)=[N+]1C. The predicted octanol–water partition coefficient (Wildman–Crippen LogP) is 2.14. The van der Waals surface area contributed by atoms with Crippen molar-refractivity contribution in [3.8, 4) is 0 Å². The highest BCUT2D eigenvalue weighted by Gasteiger charge is 2.21. The average Bonchev–Trinajstić information content (AvgIpc) is 2.19. The molecular formula is C9H12Cl2NO+. The highest BCUT2D eigenvalue weighted by Crippen LogP contribution is 2.17. The summed E-state index contributed by atoms with van der Waals surface area (Å²) in [6.07, 6.45) is 3.25. The zero-order valence-corrected chi connectivity index (χ0v) is 9.19. The first-order valence-electron chi connectivity index (χ1n) is 4.18. The van der Waals surface area contributed by atoms with E-state index in [2.05, 4.69) is 6.92 Å². The Bertz CT molecular complexity index is 294. The van der Waals surface area contributed by atoms with Crippen LogP contribution in [-0.4, -0.2) is 28.1 Å². The molecule has 0 aliphatic carbocycles. The zero-order valence-electron chi connectivity index (χ0n) is 7.68. The molecule has 13 heavy (non-hydrogen) atoms. The molecule has 0 saturated carbocycles. The van der Waals surface area contributed by atoms with Gasteiger partial charge in [0.05, 0.1) is 0 Å². The zero-order chi connectivity index (χ0) is 10.0. The lowest BCUT2D eigenvalue weighted by Gasteiger charge is -2.04. The summed E-state index contributed by atoms with van der Waals surface area (Å²) in [7, 11) is 1.91. The Balaban J connectivity index is 2.98. The number of rotatable bonds is 1. The molecule has 0 amide bonds. The number of hydrogen-bond donors (Lipinski definition) is 0. The van der Waals surface area contributed by atoms with E-state index in [1.165, 1.54) is 0 Å². The third-order valence-electron chi connectivity index (χ3n) is 2.38. The molecule has 0 aromatic heterocycles. The van der Waals surface area contributed by atoms with Crippen LogP contribution in [0.25, 0.3) is 0 Å². The maximum Gasteiger partial charge on any atom is 0.269 e. The topological polar surface area (TPSA) is 20.1 Å². The van der Waals surface area contributed by atoms with Gasteiger partial charge in [0.1, 0.15) is 7.05 Å². The van der Waals surface area contributed by atoms with Crippen LogP contribution in [0.2, 0.25) is 0 Å². The van der Waals surface area contributed by atoms with E-state index < -0.39 is 5.24 Å².